The van der Waals surface area contributed by atoms with Gasteiger partial charge < -0.3 is 0 Å². The fraction of sp³-hybridized carbons (Fsp3) is 0.167. The van der Waals surface area contributed by atoms with Gasteiger partial charge in [-0.05, 0) is 6.26 Å². The highest BCUT2D eigenvalue weighted by Crippen LogP contribution is 2.32. The van der Waals surface area contributed by atoms with Crippen molar-refractivity contribution in [2.45, 2.75) is 11.9 Å². The number of rotatable bonds is 3. The van der Waals surface area contributed by atoms with Crippen molar-refractivity contribution in [2.24, 2.45) is 0 Å². The molecule has 16 heavy (non-hydrogen) atoms. The van der Waals surface area contributed by atoms with Crippen LogP contribution in [0.15, 0.2) is 35.4 Å². The SMILES string of the molecule is CSc1nc(-c2ccccc2)sc1C(C)=O. The van der Waals surface area contributed by atoms with E-state index < -0.39 is 0 Å². The summed E-state index contributed by atoms with van der Waals surface area (Å²) in [6, 6.07) is 9.93. The molecular formula is C12H11NOS2. The molecule has 0 saturated carbocycles. The maximum atomic E-state index is 11.4. The number of hydrogen-bond donors (Lipinski definition) is 0. The van der Waals surface area contributed by atoms with Gasteiger partial charge in [0.25, 0.3) is 0 Å². The lowest BCUT2D eigenvalue weighted by Gasteiger charge is -1.92. The fourth-order valence-electron chi connectivity index (χ4n) is 1.37. The van der Waals surface area contributed by atoms with E-state index in [1.807, 2.05) is 36.6 Å². The third-order valence-corrected chi connectivity index (χ3v) is 4.15. The molecule has 0 radical (unpaired) electrons. The molecule has 0 bridgehead atoms. The first kappa shape index (κ1) is 11.4. The summed E-state index contributed by atoms with van der Waals surface area (Å²) in [5.74, 6) is 0.0871. The summed E-state index contributed by atoms with van der Waals surface area (Å²) in [5, 5.41) is 1.74. The number of aromatic nitrogens is 1. The van der Waals surface area contributed by atoms with E-state index in [1.54, 1.807) is 6.92 Å². The van der Waals surface area contributed by atoms with Crippen molar-refractivity contribution in [2.75, 3.05) is 6.26 Å². The topological polar surface area (TPSA) is 30.0 Å². The smallest absolute Gasteiger partial charge is 0.172 e. The number of thioether (sulfide) groups is 1. The van der Waals surface area contributed by atoms with Crippen LogP contribution in [0.1, 0.15) is 16.6 Å². The number of nitrogens with zero attached hydrogens (tertiary/aromatic N) is 1. The molecule has 1 aromatic heterocycles. The number of benzene rings is 1. The van der Waals surface area contributed by atoms with Gasteiger partial charge in [0, 0.05) is 12.5 Å². The van der Waals surface area contributed by atoms with E-state index in [0.29, 0.717) is 0 Å². The van der Waals surface area contributed by atoms with Crippen LogP contribution in [0.4, 0.5) is 0 Å². The molecule has 0 saturated heterocycles. The zero-order valence-corrected chi connectivity index (χ0v) is 10.7. The predicted octanol–water partition coefficient (Wildman–Crippen LogP) is 3.73. The molecule has 2 rings (SSSR count). The van der Waals surface area contributed by atoms with Crippen LogP contribution < -0.4 is 0 Å². The highest BCUT2D eigenvalue weighted by Gasteiger charge is 2.14. The summed E-state index contributed by atoms with van der Waals surface area (Å²) in [4.78, 5) is 16.7. The molecule has 0 unspecified atom stereocenters. The predicted molar refractivity (Wildman–Crippen MR) is 69.3 cm³/mol. The van der Waals surface area contributed by atoms with Crippen LogP contribution >= 0.6 is 23.1 Å². The molecule has 0 atom stereocenters. The van der Waals surface area contributed by atoms with E-state index in [2.05, 4.69) is 4.98 Å². The Hall–Kier alpha value is -1.13. The molecule has 0 amide bonds. The van der Waals surface area contributed by atoms with Gasteiger partial charge in [0.15, 0.2) is 5.78 Å². The second kappa shape index (κ2) is 4.80. The van der Waals surface area contributed by atoms with Gasteiger partial charge in [-0.25, -0.2) is 4.98 Å². The van der Waals surface area contributed by atoms with Gasteiger partial charge in [0.2, 0.25) is 0 Å². The third-order valence-electron chi connectivity index (χ3n) is 2.13. The van der Waals surface area contributed by atoms with E-state index in [0.717, 1.165) is 20.5 Å². The number of hydrogen-bond acceptors (Lipinski definition) is 4. The quantitative estimate of drug-likeness (QED) is 0.613. The minimum atomic E-state index is 0.0871. The lowest BCUT2D eigenvalue weighted by Crippen LogP contribution is -1.88. The number of carbonyl (C=O) groups is 1. The van der Waals surface area contributed by atoms with Gasteiger partial charge in [-0.3, -0.25) is 4.79 Å². The van der Waals surface area contributed by atoms with Crippen LogP contribution in [-0.4, -0.2) is 17.0 Å². The van der Waals surface area contributed by atoms with Crippen molar-refractivity contribution in [3.63, 3.8) is 0 Å². The van der Waals surface area contributed by atoms with E-state index in [4.69, 9.17) is 0 Å². The van der Waals surface area contributed by atoms with E-state index in [9.17, 15) is 4.79 Å². The zero-order chi connectivity index (χ0) is 11.5. The maximum Gasteiger partial charge on any atom is 0.172 e. The monoisotopic (exact) mass is 249 g/mol. The minimum absolute atomic E-state index is 0.0871. The average molecular weight is 249 g/mol. The Kier molecular flexibility index (Phi) is 3.41. The molecule has 1 heterocycles. The largest absolute Gasteiger partial charge is 0.293 e. The Labute approximate surface area is 103 Å². The first-order chi connectivity index (χ1) is 7.72. The van der Waals surface area contributed by atoms with Crippen LogP contribution in [0.2, 0.25) is 0 Å². The maximum absolute atomic E-state index is 11.4. The van der Waals surface area contributed by atoms with Gasteiger partial charge in [0.05, 0.1) is 0 Å². The summed E-state index contributed by atoms with van der Waals surface area (Å²) in [5.41, 5.74) is 1.07. The fourth-order valence-corrected chi connectivity index (χ4v) is 3.18. The van der Waals surface area contributed by atoms with Gasteiger partial charge >= 0.3 is 0 Å². The van der Waals surface area contributed by atoms with Crippen LogP contribution in [0.25, 0.3) is 10.6 Å². The van der Waals surface area contributed by atoms with Crippen molar-refractivity contribution in [3.05, 3.63) is 35.2 Å². The van der Waals surface area contributed by atoms with Gasteiger partial charge in [-0.2, -0.15) is 0 Å². The molecule has 0 aliphatic rings. The average Bonchev–Trinajstić information content (AvgIpc) is 2.74. The van der Waals surface area contributed by atoms with Crippen molar-refractivity contribution in [1.29, 1.82) is 0 Å². The molecule has 1 aromatic carbocycles. The Morgan fingerprint density at radius 3 is 2.50 bits per heavy atom. The Morgan fingerprint density at radius 2 is 2.00 bits per heavy atom. The van der Waals surface area contributed by atoms with Gasteiger partial charge in [0.1, 0.15) is 14.9 Å². The number of ketones is 1. The van der Waals surface area contributed by atoms with E-state index >= 15 is 0 Å². The lowest BCUT2D eigenvalue weighted by atomic mass is 10.2. The summed E-state index contributed by atoms with van der Waals surface area (Å²) in [6.07, 6.45) is 1.94. The van der Waals surface area contributed by atoms with Crippen molar-refractivity contribution < 1.29 is 4.79 Å². The molecule has 4 heteroatoms. The van der Waals surface area contributed by atoms with E-state index in [-0.39, 0.29) is 5.78 Å². The molecule has 0 spiro atoms. The van der Waals surface area contributed by atoms with Crippen molar-refractivity contribution in [1.82, 2.24) is 4.98 Å². The summed E-state index contributed by atoms with van der Waals surface area (Å²) in [7, 11) is 0. The zero-order valence-electron chi connectivity index (χ0n) is 9.06. The molecule has 0 aliphatic carbocycles. The Morgan fingerprint density at radius 1 is 1.31 bits per heavy atom. The first-order valence-corrected chi connectivity index (χ1v) is 6.87. The number of carbonyl (C=O) groups excluding carboxylic acids is 1. The Bertz CT molecular complexity index is 505. The lowest BCUT2D eigenvalue weighted by molar-refractivity contribution is 0.101. The highest BCUT2D eigenvalue weighted by atomic mass is 32.2. The third kappa shape index (κ3) is 2.18. The minimum Gasteiger partial charge on any atom is -0.293 e. The standard InChI is InChI=1S/C12H11NOS2/c1-8(14)10-12(15-2)13-11(16-10)9-6-4-3-5-7-9/h3-7H,1-2H3. The molecule has 2 aromatic rings. The molecule has 0 aliphatic heterocycles. The van der Waals surface area contributed by atoms with Crippen LogP contribution in [0.5, 0.6) is 0 Å². The van der Waals surface area contributed by atoms with Gasteiger partial charge in [-0.15, -0.1) is 23.1 Å². The van der Waals surface area contributed by atoms with Crippen LogP contribution in [0.3, 0.4) is 0 Å². The van der Waals surface area contributed by atoms with Gasteiger partial charge in [-0.1, -0.05) is 30.3 Å². The highest BCUT2D eigenvalue weighted by molar-refractivity contribution is 7.98. The van der Waals surface area contributed by atoms with E-state index in [1.165, 1.54) is 23.1 Å². The molecule has 0 fully saturated rings. The second-order valence-electron chi connectivity index (χ2n) is 3.28. The van der Waals surface area contributed by atoms with Crippen LogP contribution in [-0.2, 0) is 0 Å². The summed E-state index contributed by atoms with van der Waals surface area (Å²) in [6.45, 7) is 1.59. The second-order valence-corrected chi connectivity index (χ2v) is 5.07. The normalized spacial score (nSPS) is 10.4. The number of Topliss-reactive ketones (excluding diaryl/α,β-unsaturated/α-hetero) is 1. The molecular weight excluding hydrogens is 238 g/mol. The number of thiazole rings is 1. The summed E-state index contributed by atoms with van der Waals surface area (Å²) < 4.78 is 0. The van der Waals surface area contributed by atoms with Crippen molar-refractivity contribution >= 4 is 28.9 Å². The van der Waals surface area contributed by atoms with Crippen molar-refractivity contribution in [3.8, 4) is 10.6 Å². The molecule has 2 nitrogen and oxygen atoms in total. The summed E-state index contributed by atoms with van der Waals surface area (Å²) >= 11 is 2.98. The van der Waals surface area contributed by atoms with Crippen LogP contribution in [0, 0.1) is 0 Å². The molecule has 0 N–H and O–H groups in total. The Balaban J connectivity index is 2.48. The first-order valence-electron chi connectivity index (χ1n) is 4.83. The molecule has 82 valence electrons.